The maximum absolute atomic E-state index is 11.7. The minimum atomic E-state index is -0.0436. The van der Waals surface area contributed by atoms with Crippen molar-refractivity contribution in [1.82, 2.24) is 5.32 Å². The zero-order chi connectivity index (χ0) is 13.2. The highest BCUT2D eigenvalue weighted by molar-refractivity contribution is 6.00. The summed E-state index contributed by atoms with van der Waals surface area (Å²) >= 11 is 0. The van der Waals surface area contributed by atoms with E-state index < -0.39 is 0 Å². The summed E-state index contributed by atoms with van der Waals surface area (Å²) in [6, 6.07) is 5.49. The maximum Gasteiger partial charge on any atom is 0.238 e. The molecule has 1 fully saturated rings. The van der Waals surface area contributed by atoms with E-state index in [1.165, 1.54) is 12.8 Å². The van der Waals surface area contributed by atoms with Crippen LogP contribution in [0.4, 0.5) is 11.4 Å². The smallest absolute Gasteiger partial charge is 0.238 e. The number of amides is 2. The van der Waals surface area contributed by atoms with Crippen LogP contribution >= 0.6 is 0 Å². The van der Waals surface area contributed by atoms with Crippen molar-refractivity contribution in [2.24, 2.45) is 5.92 Å². The number of carbonyl (C=O) groups excluding carboxylic acids is 2. The summed E-state index contributed by atoms with van der Waals surface area (Å²) in [4.78, 5) is 23.0. The second-order valence-corrected chi connectivity index (χ2v) is 5.22. The van der Waals surface area contributed by atoms with Crippen LogP contribution in [0.3, 0.4) is 0 Å². The number of rotatable bonds is 5. The van der Waals surface area contributed by atoms with Gasteiger partial charge in [0.05, 0.1) is 13.0 Å². The van der Waals surface area contributed by atoms with Crippen LogP contribution in [0.2, 0.25) is 0 Å². The fourth-order valence-corrected chi connectivity index (χ4v) is 2.22. The van der Waals surface area contributed by atoms with E-state index in [1.54, 1.807) is 0 Å². The van der Waals surface area contributed by atoms with Crippen molar-refractivity contribution in [3.63, 3.8) is 0 Å². The van der Waals surface area contributed by atoms with Gasteiger partial charge in [-0.2, -0.15) is 0 Å². The molecule has 1 aromatic rings. The second-order valence-electron chi connectivity index (χ2n) is 5.22. The molecule has 1 aliphatic heterocycles. The highest BCUT2D eigenvalue weighted by Gasteiger charge is 2.21. The normalized spacial score (nSPS) is 16.9. The molecular formula is C14H17N3O2. The Balaban J connectivity index is 1.53. The number of carbonyl (C=O) groups is 2. The molecule has 0 bridgehead atoms. The van der Waals surface area contributed by atoms with Crippen LogP contribution in [0.1, 0.15) is 18.4 Å². The van der Waals surface area contributed by atoms with E-state index in [0.717, 1.165) is 29.4 Å². The van der Waals surface area contributed by atoms with Crippen LogP contribution in [0, 0.1) is 5.92 Å². The van der Waals surface area contributed by atoms with Crippen LogP contribution in [-0.2, 0) is 16.0 Å². The Labute approximate surface area is 111 Å². The molecule has 5 heteroatoms. The van der Waals surface area contributed by atoms with Crippen molar-refractivity contribution in [2.45, 2.75) is 19.3 Å². The monoisotopic (exact) mass is 259 g/mol. The van der Waals surface area contributed by atoms with Crippen molar-refractivity contribution >= 4 is 23.2 Å². The zero-order valence-electron chi connectivity index (χ0n) is 10.7. The predicted molar refractivity (Wildman–Crippen MR) is 73.0 cm³/mol. The summed E-state index contributed by atoms with van der Waals surface area (Å²) in [5.74, 6) is 0.729. The van der Waals surface area contributed by atoms with Crippen molar-refractivity contribution in [3.05, 3.63) is 23.8 Å². The molecule has 0 radical (unpaired) electrons. The number of fused-ring (bicyclic) bond motifs is 1. The first kappa shape index (κ1) is 12.2. The van der Waals surface area contributed by atoms with Gasteiger partial charge < -0.3 is 16.0 Å². The summed E-state index contributed by atoms with van der Waals surface area (Å²) in [6.45, 7) is 1.26. The van der Waals surface area contributed by atoms with Gasteiger partial charge in [-0.05, 0) is 49.1 Å². The van der Waals surface area contributed by atoms with Crippen molar-refractivity contribution < 1.29 is 9.59 Å². The van der Waals surface area contributed by atoms with Gasteiger partial charge in [0.1, 0.15) is 0 Å². The Kier molecular flexibility index (Phi) is 3.21. The Morgan fingerprint density at radius 2 is 2.21 bits per heavy atom. The van der Waals surface area contributed by atoms with E-state index >= 15 is 0 Å². The summed E-state index contributed by atoms with van der Waals surface area (Å²) in [5.41, 5.74) is 2.53. The van der Waals surface area contributed by atoms with Gasteiger partial charge in [-0.1, -0.05) is 0 Å². The lowest BCUT2D eigenvalue weighted by Crippen LogP contribution is -2.29. The highest BCUT2D eigenvalue weighted by Crippen LogP contribution is 2.27. The van der Waals surface area contributed by atoms with Gasteiger partial charge in [0.25, 0.3) is 0 Å². The molecule has 1 aliphatic carbocycles. The third-order valence-electron chi connectivity index (χ3n) is 3.43. The summed E-state index contributed by atoms with van der Waals surface area (Å²) < 4.78 is 0. The average molecular weight is 259 g/mol. The Morgan fingerprint density at radius 3 is 3.00 bits per heavy atom. The quantitative estimate of drug-likeness (QED) is 0.742. The molecule has 0 saturated heterocycles. The molecule has 3 rings (SSSR count). The van der Waals surface area contributed by atoms with Crippen LogP contribution in [0.15, 0.2) is 18.2 Å². The lowest BCUT2D eigenvalue weighted by atomic mass is 10.1. The van der Waals surface area contributed by atoms with E-state index in [9.17, 15) is 9.59 Å². The molecule has 1 aromatic carbocycles. The fraction of sp³-hybridized carbons (Fsp3) is 0.429. The van der Waals surface area contributed by atoms with E-state index in [-0.39, 0.29) is 11.8 Å². The average Bonchev–Trinajstić information content (AvgIpc) is 3.09. The minimum Gasteiger partial charge on any atom is -0.326 e. The summed E-state index contributed by atoms with van der Waals surface area (Å²) in [5, 5.41) is 8.76. The molecule has 5 nitrogen and oxygen atoms in total. The molecular weight excluding hydrogens is 242 g/mol. The highest BCUT2D eigenvalue weighted by atomic mass is 16.2. The number of hydrogen-bond donors (Lipinski definition) is 3. The number of anilines is 2. The van der Waals surface area contributed by atoms with Crippen LogP contribution in [-0.4, -0.2) is 24.9 Å². The molecule has 100 valence electrons. The first-order valence-corrected chi connectivity index (χ1v) is 6.64. The third kappa shape index (κ3) is 3.12. The van der Waals surface area contributed by atoms with Crippen LogP contribution in [0.5, 0.6) is 0 Å². The minimum absolute atomic E-state index is 0.00424. The maximum atomic E-state index is 11.7. The predicted octanol–water partition coefficient (Wildman–Crippen LogP) is 1.12. The standard InChI is InChI=1S/C14H17N3O2/c18-13-6-10-5-11(3-4-12(10)17-13)16-14(19)8-15-7-9-1-2-9/h3-5,9,15H,1-2,6-8H2,(H,16,19)(H,17,18). The second kappa shape index (κ2) is 5.01. The molecule has 0 spiro atoms. The molecule has 3 N–H and O–H groups in total. The Bertz CT molecular complexity index is 523. The molecule has 0 aromatic heterocycles. The number of nitrogens with one attached hydrogen (secondary N) is 3. The SMILES string of the molecule is O=C(CNCC1CC1)Nc1ccc2c(c1)CC(=O)N2. The topological polar surface area (TPSA) is 70.2 Å². The molecule has 19 heavy (non-hydrogen) atoms. The zero-order valence-corrected chi connectivity index (χ0v) is 10.7. The van der Waals surface area contributed by atoms with Gasteiger partial charge in [0, 0.05) is 11.4 Å². The van der Waals surface area contributed by atoms with Gasteiger partial charge in [-0.3, -0.25) is 9.59 Å². The Morgan fingerprint density at radius 1 is 1.37 bits per heavy atom. The summed E-state index contributed by atoms with van der Waals surface area (Å²) in [7, 11) is 0. The van der Waals surface area contributed by atoms with Crippen molar-refractivity contribution in [3.8, 4) is 0 Å². The Hall–Kier alpha value is -1.88. The van der Waals surface area contributed by atoms with E-state index in [4.69, 9.17) is 0 Å². The van der Waals surface area contributed by atoms with Gasteiger partial charge in [-0.25, -0.2) is 0 Å². The van der Waals surface area contributed by atoms with Gasteiger partial charge >= 0.3 is 0 Å². The molecule has 0 atom stereocenters. The van der Waals surface area contributed by atoms with E-state index in [0.29, 0.717) is 13.0 Å². The number of hydrogen-bond acceptors (Lipinski definition) is 3. The first-order chi connectivity index (χ1) is 9.20. The van der Waals surface area contributed by atoms with E-state index in [2.05, 4.69) is 16.0 Å². The molecule has 2 amide bonds. The fourth-order valence-electron chi connectivity index (χ4n) is 2.22. The van der Waals surface area contributed by atoms with Crippen molar-refractivity contribution in [1.29, 1.82) is 0 Å². The van der Waals surface area contributed by atoms with Crippen LogP contribution < -0.4 is 16.0 Å². The van der Waals surface area contributed by atoms with Gasteiger partial charge in [-0.15, -0.1) is 0 Å². The summed E-state index contributed by atoms with van der Waals surface area (Å²) in [6.07, 6.45) is 2.94. The lowest BCUT2D eigenvalue weighted by molar-refractivity contribution is -0.116. The first-order valence-electron chi connectivity index (χ1n) is 6.64. The van der Waals surface area contributed by atoms with Gasteiger partial charge in [0.15, 0.2) is 0 Å². The molecule has 1 heterocycles. The molecule has 0 unspecified atom stereocenters. The van der Waals surface area contributed by atoms with Crippen LogP contribution in [0.25, 0.3) is 0 Å². The number of benzene rings is 1. The largest absolute Gasteiger partial charge is 0.326 e. The molecule has 2 aliphatic rings. The van der Waals surface area contributed by atoms with E-state index in [1.807, 2.05) is 18.2 Å². The molecule has 1 saturated carbocycles. The third-order valence-corrected chi connectivity index (χ3v) is 3.43. The van der Waals surface area contributed by atoms with Gasteiger partial charge in [0.2, 0.25) is 11.8 Å². The van der Waals surface area contributed by atoms with Crippen molar-refractivity contribution in [2.75, 3.05) is 23.7 Å². The lowest BCUT2D eigenvalue weighted by Gasteiger charge is -2.07.